The van der Waals surface area contributed by atoms with Crippen molar-refractivity contribution in [3.8, 4) is 0 Å². The first-order chi connectivity index (χ1) is 9.44. The molecule has 0 aliphatic rings. The summed E-state index contributed by atoms with van der Waals surface area (Å²) in [6.07, 6.45) is -5.29. The predicted octanol–water partition coefficient (Wildman–Crippen LogP) is 5.55. The minimum Gasteiger partial charge on any atom is -0.355 e. The Morgan fingerprint density at radius 3 is 2.45 bits per heavy atom. The van der Waals surface area contributed by atoms with Crippen molar-refractivity contribution in [1.82, 2.24) is 4.98 Å². The SMILES string of the molecule is FC(F)(F)CC(Cl)c1ccc2[nH]c3ccccc3c2c1. The summed E-state index contributed by atoms with van der Waals surface area (Å²) in [6, 6.07) is 12.8. The molecule has 1 N–H and O–H groups in total. The van der Waals surface area contributed by atoms with E-state index in [1.165, 1.54) is 0 Å². The molecule has 3 rings (SSSR count). The second kappa shape index (κ2) is 4.70. The maximum Gasteiger partial charge on any atom is 0.390 e. The molecule has 1 aromatic heterocycles. The van der Waals surface area contributed by atoms with Gasteiger partial charge in [0.1, 0.15) is 0 Å². The van der Waals surface area contributed by atoms with Gasteiger partial charge in [-0.15, -0.1) is 11.6 Å². The van der Waals surface area contributed by atoms with Gasteiger partial charge in [0.2, 0.25) is 0 Å². The van der Waals surface area contributed by atoms with E-state index in [2.05, 4.69) is 4.98 Å². The summed E-state index contributed by atoms with van der Waals surface area (Å²) in [5.74, 6) is 0. The Labute approximate surface area is 118 Å². The monoisotopic (exact) mass is 297 g/mol. The van der Waals surface area contributed by atoms with Gasteiger partial charge in [-0.2, -0.15) is 13.2 Å². The fourth-order valence-electron chi connectivity index (χ4n) is 2.38. The fourth-order valence-corrected chi connectivity index (χ4v) is 2.69. The lowest BCUT2D eigenvalue weighted by atomic mass is 10.1. The number of fused-ring (bicyclic) bond motifs is 3. The second-order valence-electron chi connectivity index (χ2n) is 4.76. The molecule has 0 radical (unpaired) electrons. The van der Waals surface area contributed by atoms with Gasteiger partial charge in [0, 0.05) is 21.8 Å². The summed E-state index contributed by atoms with van der Waals surface area (Å²) in [6.45, 7) is 0. The molecule has 0 aliphatic carbocycles. The topological polar surface area (TPSA) is 15.8 Å². The van der Waals surface area contributed by atoms with Crippen molar-refractivity contribution in [3.63, 3.8) is 0 Å². The molecule has 1 heterocycles. The van der Waals surface area contributed by atoms with Gasteiger partial charge < -0.3 is 4.98 Å². The van der Waals surface area contributed by atoms with Crippen LogP contribution in [0.2, 0.25) is 0 Å². The van der Waals surface area contributed by atoms with E-state index in [4.69, 9.17) is 11.6 Å². The Morgan fingerprint density at radius 1 is 1.00 bits per heavy atom. The van der Waals surface area contributed by atoms with Gasteiger partial charge in [-0.25, -0.2) is 0 Å². The van der Waals surface area contributed by atoms with Crippen LogP contribution in [0.1, 0.15) is 17.4 Å². The average molecular weight is 298 g/mol. The van der Waals surface area contributed by atoms with Crippen molar-refractivity contribution in [1.29, 1.82) is 0 Å². The molecule has 5 heteroatoms. The van der Waals surface area contributed by atoms with Crippen molar-refractivity contribution >= 4 is 33.4 Å². The number of benzene rings is 2. The summed E-state index contributed by atoms with van der Waals surface area (Å²) < 4.78 is 37.2. The Balaban J connectivity index is 2.07. The van der Waals surface area contributed by atoms with Crippen LogP contribution in [0.4, 0.5) is 13.2 Å². The van der Waals surface area contributed by atoms with Crippen LogP contribution in [0.25, 0.3) is 21.8 Å². The lowest BCUT2D eigenvalue weighted by Gasteiger charge is -2.12. The molecular formula is C15H11ClF3N. The van der Waals surface area contributed by atoms with E-state index in [0.717, 1.165) is 21.8 Å². The quantitative estimate of drug-likeness (QED) is 0.597. The molecule has 0 bridgehead atoms. The number of aromatic nitrogens is 1. The van der Waals surface area contributed by atoms with Crippen LogP contribution in [0, 0.1) is 0 Å². The first kappa shape index (κ1) is 13.3. The predicted molar refractivity (Wildman–Crippen MR) is 75.1 cm³/mol. The third kappa shape index (κ3) is 2.48. The first-order valence-electron chi connectivity index (χ1n) is 6.15. The van der Waals surface area contributed by atoms with E-state index >= 15 is 0 Å². The Morgan fingerprint density at radius 2 is 1.70 bits per heavy atom. The van der Waals surface area contributed by atoms with Crippen molar-refractivity contribution in [2.75, 3.05) is 0 Å². The van der Waals surface area contributed by atoms with Gasteiger partial charge in [0.15, 0.2) is 0 Å². The summed E-state index contributed by atoms with van der Waals surface area (Å²) in [5.41, 5.74) is 2.34. The minimum atomic E-state index is -4.26. The second-order valence-corrected chi connectivity index (χ2v) is 5.29. The minimum absolute atomic E-state index is 0.487. The molecular weight excluding hydrogens is 287 g/mol. The maximum atomic E-state index is 12.4. The third-order valence-corrected chi connectivity index (χ3v) is 3.71. The van der Waals surface area contributed by atoms with E-state index in [9.17, 15) is 13.2 Å². The van der Waals surface area contributed by atoms with Crippen molar-refractivity contribution in [3.05, 3.63) is 48.0 Å². The summed E-state index contributed by atoms with van der Waals surface area (Å²) in [7, 11) is 0. The van der Waals surface area contributed by atoms with Crippen LogP contribution in [0.15, 0.2) is 42.5 Å². The molecule has 1 nitrogen and oxygen atoms in total. The number of hydrogen-bond donors (Lipinski definition) is 1. The highest BCUT2D eigenvalue weighted by molar-refractivity contribution is 6.21. The third-order valence-electron chi connectivity index (χ3n) is 3.30. The largest absolute Gasteiger partial charge is 0.390 e. The van der Waals surface area contributed by atoms with E-state index < -0.39 is 18.0 Å². The van der Waals surface area contributed by atoms with Crippen LogP contribution in [0.5, 0.6) is 0 Å². The molecule has 0 amide bonds. The zero-order valence-electron chi connectivity index (χ0n) is 10.3. The number of para-hydroxylation sites is 1. The molecule has 104 valence electrons. The standard InChI is InChI=1S/C15H11ClF3N/c16-12(8-15(17,18)19)9-5-6-14-11(7-9)10-3-1-2-4-13(10)20-14/h1-7,12,20H,8H2. The molecule has 0 aliphatic heterocycles. The summed E-state index contributed by atoms with van der Waals surface area (Å²) >= 11 is 5.88. The van der Waals surface area contributed by atoms with E-state index in [1.54, 1.807) is 18.2 Å². The number of rotatable bonds is 2. The number of H-pyrrole nitrogens is 1. The van der Waals surface area contributed by atoms with Gasteiger partial charge in [0.25, 0.3) is 0 Å². The van der Waals surface area contributed by atoms with Gasteiger partial charge in [-0.3, -0.25) is 0 Å². The summed E-state index contributed by atoms with van der Waals surface area (Å²) in [5, 5.41) is 0.819. The number of alkyl halides is 4. The lowest BCUT2D eigenvalue weighted by Crippen LogP contribution is -2.10. The van der Waals surface area contributed by atoms with Crippen LogP contribution >= 0.6 is 11.6 Å². The van der Waals surface area contributed by atoms with E-state index in [1.807, 2.05) is 24.3 Å². The van der Waals surface area contributed by atoms with Gasteiger partial charge in [-0.1, -0.05) is 24.3 Å². The molecule has 1 unspecified atom stereocenters. The van der Waals surface area contributed by atoms with Crippen LogP contribution in [-0.2, 0) is 0 Å². The highest BCUT2D eigenvalue weighted by atomic mass is 35.5. The maximum absolute atomic E-state index is 12.4. The van der Waals surface area contributed by atoms with Crippen LogP contribution in [-0.4, -0.2) is 11.2 Å². The van der Waals surface area contributed by atoms with Gasteiger partial charge in [0.05, 0.1) is 11.8 Å². The molecule has 0 saturated heterocycles. The smallest absolute Gasteiger partial charge is 0.355 e. The number of nitrogens with one attached hydrogen (secondary N) is 1. The van der Waals surface area contributed by atoms with Crippen molar-refractivity contribution < 1.29 is 13.2 Å². The Bertz CT molecular complexity index is 760. The average Bonchev–Trinajstić information content (AvgIpc) is 2.74. The summed E-state index contributed by atoms with van der Waals surface area (Å²) in [4.78, 5) is 3.23. The Kier molecular flexibility index (Phi) is 3.13. The van der Waals surface area contributed by atoms with Crippen LogP contribution in [0.3, 0.4) is 0 Å². The van der Waals surface area contributed by atoms with Crippen LogP contribution < -0.4 is 0 Å². The number of aromatic amines is 1. The first-order valence-corrected chi connectivity index (χ1v) is 6.59. The molecule has 0 saturated carbocycles. The molecule has 20 heavy (non-hydrogen) atoms. The van der Waals surface area contributed by atoms with E-state index in [-0.39, 0.29) is 0 Å². The zero-order chi connectivity index (χ0) is 14.3. The molecule has 0 spiro atoms. The molecule has 1 atom stereocenters. The molecule has 0 fully saturated rings. The normalized spacial score (nSPS) is 14.0. The number of hydrogen-bond acceptors (Lipinski definition) is 0. The molecule has 2 aromatic carbocycles. The highest BCUT2D eigenvalue weighted by Gasteiger charge is 2.31. The molecule has 3 aromatic rings. The van der Waals surface area contributed by atoms with Crippen molar-refractivity contribution in [2.45, 2.75) is 18.0 Å². The fraction of sp³-hybridized carbons (Fsp3) is 0.200. The van der Waals surface area contributed by atoms with Crippen molar-refractivity contribution in [2.24, 2.45) is 0 Å². The Hall–Kier alpha value is -1.68. The lowest BCUT2D eigenvalue weighted by molar-refractivity contribution is -0.134. The zero-order valence-corrected chi connectivity index (χ0v) is 11.1. The van der Waals surface area contributed by atoms with Gasteiger partial charge >= 0.3 is 6.18 Å². The highest BCUT2D eigenvalue weighted by Crippen LogP contribution is 2.36. The van der Waals surface area contributed by atoms with Gasteiger partial charge in [-0.05, 0) is 23.8 Å². The number of halogens is 4. The van der Waals surface area contributed by atoms with E-state index in [0.29, 0.717) is 5.56 Å².